The Kier molecular flexibility index (Phi) is 5.13. The van der Waals surface area contributed by atoms with Crippen molar-refractivity contribution in [3.05, 3.63) is 82.2 Å². The van der Waals surface area contributed by atoms with E-state index in [4.69, 9.17) is 8.83 Å². The summed E-state index contributed by atoms with van der Waals surface area (Å²) in [6.07, 6.45) is 4.67. The van der Waals surface area contributed by atoms with Crippen LogP contribution in [0.15, 0.2) is 51.5 Å². The van der Waals surface area contributed by atoms with Crippen LogP contribution in [-0.2, 0) is 23.8 Å². The van der Waals surface area contributed by atoms with E-state index in [2.05, 4.69) is 52.1 Å². The van der Waals surface area contributed by atoms with Gasteiger partial charge in [0.2, 0.25) is 0 Å². The Bertz CT molecular complexity index is 1050. The van der Waals surface area contributed by atoms with E-state index in [1.807, 2.05) is 12.1 Å². The standard InChI is InChI=1S/C26H31NO3/c1-17-13-21-22(26(4,5)11-10-25(21,2)3)15-18(17)14-19-8-9-23(30-19)24(28)27-16-20-7-6-12-29-20/h6-9,12-13,15H,10-11,14,16H2,1-5H3,(H,27,28). The molecule has 1 N–H and O–H groups in total. The molecule has 1 aromatic carbocycles. The van der Waals surface area contributed by atoms with Gasteiger partial charge in [-0.2, -0.15) is 0 Å². The van der Waals surface area contributed by atoms with E-state index in [1.54, 1.807) is 18.4 Å². The summed E-state index contributed by atoms with van der Waals surface area (Å²) in [5.41, 5.74) is 5.83. The lowest BCUT2D eigenvalue weighted by Crippen LogP contribution is -2.34. The Balaban J connectivity index is 1.53. The van der Waals surface area contributed by atoms with Crippen LogP contribution >= 0.6 is 0 Å². The molecule has 1 aliphatic rings. The molecule has 0 radical (unpaired) electrons. The average Bonchev–Trinajstić information content (AvgIpc) is 3.37. The van der Waals surface area contributed by atoms with Crippen molar-refractivity contribution >= 4 is 5.91 Å². The van der Waals surface area contributed by atoms with Crippen LogP contribution in [0.25, 0.3) is 0 Å². The van der Waals surface area contributed by atoms with Gasteiger partial charge in [0.15, 0.2) is 5.76 Å². The summed E-state index contributed by atoms with van der Waals surface area (Å²) in [4.78, 5) is 12.4. The minimum atomic E-state index is -0.234. The van der Waals surface area contributed by atoms with Crippen LogP contribution in [0.5, 0.6) is 0 Å². The van der Waals surface area contributed by atoms with Crippen molar-refractivity contribution in [2.24, 2.45) is 0 Å². The highest BCUT2D eigenvalue weighted by atomic mass is 16.4. The molecule has 0 fully saturated rings. The Morgan fingerprint density at radius 1 is 1.00 bits per heavy atom. The van der Waals surface area contributed by atoms with Gasteiger partial charge < -0.3 is 14.2 Å². The highest BCUT2D eigenvalue weighted by molar-refractivity contribution is 5.91. The van der Waals surface area contributed by atoms with E-state index in [9.17, 15) is 4.79 Å². The van der Waals surface area contributed by atoms with Crippen LogP contribution in [0.3, 0.4) is 0 Å². The summed E-state index contributed by atoms with van der Waals surface area (Å²) in [6.45, 7) is 11.9. The number of carbonyl (C=O) groups excluding carboxylic acids is 1. The summed E-state index contributed by atoms with van der Waals surface area (Å²) in [5, 5.41) is 2.82. The largest absolute Gasteiger partial charge is 0.467 e. The Morgan fingerprint density at radius 2 is 1.70 bits per heavy atom. The minimum Gasteiger partial charge on any atom is -0.467 e. The van der Waals surface area contributed by atoms with Gasteiger partial charge in [0.25, 0.3) is 5.91 Å². The second kappa shape index (κ2) is 7.50. The number of amides is 1. The van der Waals surface area contributed by atoms with Gasteiger partial charge in [-0.25, -0.2) is 0 Å². The lowest BCUT2D eigenvalue weighted by Gasteiger charge is -2.42. The molecule has 4 heteroatoms. The molecule has 0 aliphatic heterocycles. The molecule has 158 valence electrons. The number of aryl methyl sites for hydroxylation is 1. The second-order valence-electron chi connectivity index (χ2n) is 9.80. The zero-order chi connectivity index (χ0) is 21.5. The fourth-order valence-electron chi connectivity index (χ4n) is 4.41. The van der Waals surface area contributed by atoms with E-state index in [0.717, 1.165) is 5.76 Å². The third-order valence-corrected chi connectivity index (χ3v) is 6.56. The summed E-state index contributed by atoms with van der Waals surface area (Å²) in [7, 11) is 0. The van der Waals surface area contributed by atoms with Crippen LogP contribution in [-0.4, -0.2) is 5.91 Å². The highest BCUT2D eigenvalue weighted by Crippen LogP contribution is 2.46. The zero-order valence-corrected chi connectivity index (χ0v) is 18.6. The van der Waals surface area contributed by atoms with Gasteiger partial charge in [0.1, 0.15) is 11.5 Å². The van der Waals surface area contributed by atoms with Crippen molar-refractivity contribution in [3.8, 4) is 0 Å². The van der Waals surface area contributed by atoms with E-state index in [0.29, 0.717) is 24.5 Å². The number of carbonyl (C=O) groups is 1. The molecule has 30 heavy (non-hydrogen) atoms. The molecule has 0 bridgehead atoms. The van der Waals surface area contributed by atoms with Gasteiger partial charge in [-0.1, -0.05) is 39.8 Å². The van der Waals surface area contributed by atoms with Gasteiger partial charge in [-0.05, 0) is 77.1 Å². The molecule has 1 aliphatic carbocycles. The molecule has 4 rings (SSSR count). The second-order valence-corrected chi connectivity index (χ2v) is 9.80. The van der Waals surface area contributed by atoms with E-state index in [1.165, 1.54) is 35.1 Å². The number of rotatable bonds is 5. The number of nitrogens with one attached hydrogen (secondary N) is 1. The fourth-order valence-corrected chi connectivity index (χ4v) is 4.41. The molecule has 0 saturated heterocycles. The van der Waals surface area contributed by atoms with Crippen LogP contribution in [0, 0.1) is 6.92 Å². The van der Waals surface area contributed by atoms with Crippen molar-refractivity contribution in [3.63, 3.8) is 0 Å². The van der Waals surface area contributed by atoms with Gasteiger partial charge in [-0.3, -0.25) is 4.79 Å². The average molecular weight is 406 g/mol. The minimum absolute atomic E-state index is 0.174. The molecular weight excluding hydrogens is 374 g/mol. The van der Waals surface area contributed by atoms with Gasteiger partial charge in [-0.15, -0.1) is 0 Å². The van der Waals surface area contributed by atoms with Gasteiger partial charge in [0.05, 0.1) is 12.8 Å². The SMILES string of the molecule is Cc1cc2c(cc1Cc1ccc(C(=O)NCc3ccco3)o1)C(C)(C)CCC2(C)C. The maximum Gasteiger partial charge on any atom is 0.287 e. The first-order valence-electron chi connectivity index (χ1n) is 10.7. The van der Waals surface area contributed by atoms with Crippen LogP contribution in [0.4, 0.5) is 0 Å². The summed E-state index contributed by atoms with van der Waals surface area (Å²) >= 11 is 0. The first-order valence-corrected chi connectivity index (χ1v) is 10.7. The van der Waals surface area contributed by atoms with E-state index in [-0.39, 0.29) is 16.7 Å². The Labute approximate surface area is 178 Å². The third-order valence-electron chi connectivity index (χ3n) is 6.56. The Morgan fingerprint density at radius 3 is 2.37 bits per heavy atom. The van der Waals surface area contributed by atoms with E-state index >= 15 is 0 Å². The summed E-state index contributed by atoms with van der Waals surface area (Å²) in [5.74, 6) is 1.61. The number of hydrogen-bond donors (Lipinski definition) is 1. The topological polar surface area (TPSA) is 55.4 Å². The Hall–Kier alpha value is -2.75. The third kappa shape index (κ3) is 3.96. The monoisotopic (exact) mass is 405 g/mol. The van der Waals surface area contributed by atoms with Crippen molar-refractivity contribution in [2.45, 2.75) is 71.3 Å². The quantitative estimate of drug-likeness (QED) is 0.562. The van der Waals surface area contributed by atoms with Crippen LogP contribution in [0.1, 0.15) is 84.9 Å². The lowest BCUT2D eigenvalue weighted by molar-refractivity contribution is 0.0918. The van der Waals surface area contributed by atoms with E-state index < -0.39 is 0 Å². The molecule has 0 atom stereocenters. The zero-order valence-electron chi connectivity index (χ0n) is 18.6. The number of furan rings is 2. The highest BCUT2D eigenvalue weighted by Gasteiger charge is 2.37. The molecular formula is C26H31NO3. The van der Waals surface area contributed by atoms with Crippen molar-refractivity contribution < 1.29 is 13.6 Å². The molecule has 0 saturated carbocycles. The lowest BCUT2D eigenvalue weighted by atomic mass is 9.62. The molecule has 0 unspecified atom stereocenters. The number of fused-ring (bicyclic) bond motifs is 1. The normalized spacial score (nSPS) is 16.8. The maximum atomic E-state index is 12.4. The van der Waals surface area contributed by atoms with Crippen molar-refractivity contribution in [1.82, 2.24) is 5.32 Å². The molecule has 3 aromatic rings. The van der Waals surface area contributed by atoms with Gasteiger partial charge >= 0.3 is 0 Å². The molecule has 2 aromatic heterocycles. The predicted octanol–water partition coefficient (Wildman–Crippen LogP) is 6.05. The number of hydrogen-bond acceptors (Lipinski definition) is 3. The molecule has 0 spiro atoms. The predicted molar refractivity (Wildman–Crippen MR) is 118 cm³/mol. The molecule has 1 amide bonds. The first kappa shape index (κ1) is 20.5. The fraction of sp³-hybridized carbons (Fsp3) is 0.423. The van der Waals surface area contributed by atoms with Crippen molar-refractivity contribution in [1.29, 1.82) is 0 Å². The number of benzene rings is 1. The van der Waals surface area contributed by atoms with Crippen LogP contribution < -0.4 is 5.32 Å². The molecule has 4 nitrogen and oxygen atoms in total. The van der Waals surface area contributed by atoms with Crippen LogP contribution in [0.2, 0.25) is 0 Å². The summed E-state index contributed by atoms with van der Waals surface area (Å²) in [6, 6.07) is 12.0. The molecule has 2 heterocycles. The maximum absolute atomic E-state index is 12.4. The van der Waals surface area contributed by atoms with Crippen molar-refractivity contribution in [2.75, 3.05) is 0 Å². The van der Waals surface area contributed by atoms with Gasteiger partial charge in [0, 0.05) is 6.42 Å². The smallest absolute Gasteiger partial charge is 0.287 e. The summed E-state index contributed by atoms with van der Waals surface area (Å²) < 4.78 is 11.1. The first-order chi connectivity index (χ1) is 14.2.